The third-order valence-electron chi connectivity index (χ3n) is 4.14. The van der Waals surface area contributed by atoms with Crippen molar-refractivity contribution < 1.29 is 4.92 Å². The van der Waals surface area contributed by atoms with Gasteiger partial charge in [-0.05, 0) is 23.1 Å². The normalized spacial score (nSPS) is 15.2. The highest BCUT2D eigenvalue weighted by atomic mass is 35.5. The first-order chi connectivity index (χ1) is 11.6. The average molecular weight is 364 g/mol. The van der Waals surface area contributed by atoms with E-state index in [2.05, 4.69) is 9.88 Å². The Morgan fingerprint density at radius 1 is 1.21 bits per heavy atom. The Kier molecular flexibility index (Phi) is 3.78. The maximum absolute atomic E-state index is 11.5. The van der Waals surface area contributed by atoms with Crippen LogP contribution in [-0.4, -0.2) is 40.5 Å². The van der Waals surface area contributed by atoms with E-state index < -0.39 is 0 Å². The summed E-state index contributed by atoms with van der Waals surface area (Å²) in [4.78, 5) is 20.4. The maximum Gasteiger partial charge on any atom is 0.373 e. The molecule has 1 aliphatic heterocycles. The van der Waals surface area contributed by atoms with E-state index >= 15 is 0 Å². The molecule has 0 saturated carbocycles. The van der Waals surface area contributed by atoms with Gasteiger partial charge in [0.2, 0.25) is 5.82 Å². The van der Waals surface area contributed by atoms with Crippen molar-refractivity contribution in [3.8, 4) is 0 Å². The van der Waals surface area contributed by atoms with Crippen molar-refractivity contribution in [3.05, 3.63) is 51.0 Å². The summed E-state index contributed by atoms with van der Waals surface area (Å²) in [6.45, 7) is 2.89. The second kappa shape index (κ2) is 5.95. The molecule has 3 heterocycles. The number of nitrogens with zero attached hydrogens (tertiary/aromatic N) is 5. The lowest BCUT2D eigenvalue weighted by atomic mass is 10.2. The summed E-state index contributed by atoms with van der Waals surface area (Å²) in [7, 11) is 0. The second-order valence-electron chi connectivity index (χ2n) is 5.53. The Labute approximate surface area is 146 Å². The summed E-state index contributed by atoms with van der Waals surface area (Å²) in [5, 5.41) is 14.0. The van der Waals surface area contributed by atoms with Gasteiger partial charge in [-0.25, -0.2) is 0 Å². The number of fused-ring (bicyclic) bond motifs is 1. The van der Waals surface area contributed by atoms with Gasteiger partial charge in [-0.1, -0.05) is 29.0 Å². The van der Waals surface area contributed by atoms with Crippen LogP contribution in [0, 0.1) is 10.1 Å². The fourth-order valence-corrected chi connectivity index (χ4v) is 3.88. The van der Waals surface area contributed by atoms with Crippen LogP contribution in [-0.2, 0) is 0 Å². The van der Waals surface area contributed by atoms with Crippen LogP contribution in [0.15, 0.2) is 35.8 Å². The zero-order chi connectivity index (χ0) is 16.7. The smallest absolute Gasteiger partial charge is 0.368 e. The lowest BCUT2D eigenvalue weighted by Crippen LogP contribution is -2.46. The van der Waals surface area contributed by atoms with E-state index in [1.807, 2.05) is 29.2 Å². The third kappa shape index (κ3) is 2.57. The number of halogens is 1. The predicted octanol–water partition coefficient (Wildman–Crippen LogP) is 3.28. The third-order valence-corrected chi connectivity index (χ3v) is 5.14. The zero-order valence-electron chi connectivity index (χ0n) is 12.6. The minimum atomic E-state index is -0.356. The van der Waals surface area contributed by atoms with Crippen LogP contribution in [0.25, 0.3) is 4.96 Å². The van der Waals surface area contributed by atoms with E-state index in [-0.39, 0.29) is 10.7 Å². The molecule has 7 nitrogen and oxygen atoms in total. The molecule has 24 heavy (non-hydrogen) atoms. The van der Waals surface area contributed by atoms with Crippen LogP contribution in [0.5, 0.6) is 0 Å². The number of aromatic nitrogens is 2. The van der Waals surface area contributed by atoms with E-state index in [0.717, 1.165) is 18.8 Å². The number of benzene rings is 1. The molecule has 0 atom stereocenters. The summed E-state index contributed by atoms with van der Waals surface area (Å²) in [6, 6.07) is 7.74. The molecule has 1 aliphatic rings. The van der Waals surface area contributed by atoms with Crippen LogP contribution in [0.2, 0.25) is 5.02 Å². The highest BCUT2D eigenvalue weighted by Gasteiger charge is 2.30. The predicted molar refractivity (Wildman–Crippen MR) is 95.6 cm³/mol. The summed E-state index contributed by atoms with van der Waals surface area (Å²) < 4.78 is 1.54. The molecule has 3 aromatic rings. The van der Waals surface area contributed by atoms with E-state index in [1.54, 1.807) is 16.0 Å². The van der Waals surface area contributed by atoms with Crippen molar-refractivity contribution in [2.45, 2.75) is 0 Å². The Bertz CT molecular complexity index is 900. The number of anilines is 2. The first-order valence-electron chi connectivity index (χ1n) is 7.49. The van der Waals surface area contributed by atoms with Crippen LogP contribution in [0.4, 0.5) is 17.3 Å². The number of imidazole rings is 1. The molecule has 9 heteroatoms. The van der Waals surface area contributed by atoms with Gasteiger partial charge in [-0.3, -0.25) is 0 Å². The van der Waals surface area contributed by atoms with Gasteiger partial charge in [0.1, 0.15) is 6.20 Å². The van der Waals surface area contributed by atoms with E-state index in [4.69, 9.17) is 11.6 Å². The lowest BCUT2D eigenvalue weighted by molar-refractivity contribution is -0.389. The van der Waals surface area contributed by atoms with Crippen molar-refractivity contribution >= 4 is 45.2 Å². The molecule has 124 valence electrons. The number of thiazole rings is 1. The molecule has 0 spiro atoms. The molecule has 1 aromatic carbocycles. The quantitative estimate of drug-likeness (QED) is 0.527. The number of piperazine rings is 1. The largest absolute Gasteiger partial charge is 0.373 e. The molecule has 4 rings (SSSR count). The second-order valence-corrected chi connectivity index (χ2v) is 6.84. The fraction of sp³-hybridized carbons (Fsp3) is 0.267. The van der Waals surface area contributed by atoms with E-state index in [1.165, 1.54) is 11.3 Å². The van der Waals surface area contributed by atoms with Crippen LogP contribution >= 0.6 is 22.9 Å². The van der Waals surface area contributed by atoms with Crippen LogP contribution in [0.3, 0.4) is 0 Å². The van der Waals surface area contributed by atoms with Crippen LogP contribution in [0.1, 0.15) is 0 Å². The Hall–Kier alpha value is -2.32. The monoisotopic (exact) mass is 363 g/mol. The summed E-state index contributed by atoms with van der Waals surface area (Å²) in [6.07, 6.45) is 1.69. The van der Waals surface area contributed by atoms with Crippen molar-refractivity contribution in [2.75, 3.05) is 36.0 Å². The van der Waals surface area contributed by atoms with Gasteiger partial charge in [-0.15, -0.1) is 0 Å². The van der Waals surface area contributed by atoms with Gasteiger partial charge in [0.25, 0.3) is 4.96 Å². The molecule has 0 bridgehead atoms. The van der Waals surface area contributed by atoms with Crippen molar-refractivity contribution in [3.63, 3.8) is 0 Å². The molecule has 0 amide bonds. The molecule has 0 N–H and O–H groups in total. The highest BCUT2D eigenvalue weighted by Crippen LogP contribution is 2.32. The molecule has 0 aliphatic carbocycles. The summed E-state index contributed by atoms with van der Waals surface area (Å²) >= 11 is 7.45. The first-order valence-corrected chi connectivity index (χ1v) is 8.74. The Morgan fingerprint density at radius 3 is 2.67 bits per heavy atom. The maximum atomic E-state index is 11.5. The van der Waals surface area contributed by atoms with Crippen molar-refractivity contribution in [1.82, 2.24) is 9.38 Å². The number of rotatable bonds is 3. The van der Waals surface area contributed by atoms with Crippen LogP contribution < -0.4 is 9.80 Å². The summed E-state index contributed by atoms with van der Waals surface area (Å²) in [5.74, 6) is 0.500. The molecule has 1 saturated heterocycles. The molecular weight excluding hydrogens is 350 g/mol. The molecule has 0 radical (unpaired) electrons. The molecular formula is C15H14ClN5O2S. The van der Waals surface area contributed by atoms with Gasteiger partial charge < -0.3 is 19.9 Å². The van der Waals surface area contributed by atoms with Gasteiger partial charge in [0, 0.05) is 42.3 Å². The van der Waals surface area contributed by atoms with Crippen molar-refractivity contribution in [2.24, 2.45) is 0 Å². The van der Waals surface area contributed by atoms with E-state index in [9.17, 15) is 10.1 Å². The minimum absolute atomic E-state index is 0.0439. The fourth-order valence-electron chi connectivity index (χ4n) is 2.99. The molecule has 0 unspecified atom stereocenters. The van der Waals surface area contributed by atoms with Crippen molar-refractivity contribution in [1.29, 1.82) is 0 Å². The van der Waals surface area contributed by atoms with Gasteiger partial charge in [-0.2, -0.15) is 9.38 Å². The Balaban J connectivity index is 1.57. The summed E-state index contributed by atoms with van der Waals surface area (Å²) in [5.41, 5.74) is 1.07. The zero-order valence-corrected chi connectivity index (χ0v) is 14.2. The first kappa shape index (κ1) is 15.2. The number of hydrogen-bond acceptors (Lipinski definition) is 6. The van der Waals surface area contributed by atoms with Gasteiger partial charge >= 0.3 is 5.82 Å². The SMILES string of the molecule is O=[N+]([O-])c1c(N2CCN(c3cccc(Cl)c3)CC2)nc2sccn12. The van der Waals surface area contributed by atoms with Gasteiger partial charge in [0.15, 0.2) is 0 Å². The minimum Gasteiger partial charge on any atom is -0.368 e. The standard InChI is InChI=1S/C15H14ClN5O2S/c16-11-2-1-3-12(10-11)18-4-6-19(7-5-18)13-14(21(22)23)20-8-9-24-15(20)17-13/h1-3,8-10H,4-7H2. The van der Waals surface area contributed by atoms with Gasteiger partial charge in [0.05, 0.1) is 0 Å². The topological polar surface area (TPSA) is 66.9 Å². The Morgan fingerprint density at radius 2 is 1.96 bits per heavy atom. The number of nitro groups is 1. The highest BCUT2D eigenvalue weighted by molar-refractivity contribution is 7.15. The number of hydrogen-bond donors (Lipinski definition) is 0. The molecule has 2 aromatic heterocycles. The molecule has 1 fully saturated rings. The van der Waals surface area contributed by atoms with E-state index in [0.29, 0.717) is 28.9 Å². The average Bonchev–Trinajstić information content (AvgIpc) is 3.15. The lowest BCUT2D eigenvalue weighted by Gasteiger charge is -2.36.